The van der Waals surface area contributed by atoms with Gasteiger partial charge in [0.2, 0.25) is 0 Å². The molecule has 0 aliphatic heterocycles. The van der Waals surface area contributed by atoms with Crippen molar-refractivity contribution in [2.45, 2.75) is 71.1 Å². The van der Waals surface area contributed by atoms with E-state index in [1.54, 1.807) is 0 Å². The summed E-state index contributed by atoms with van der Waals surface area (Å²) in [5.41, 5.74) is 0. The molecule has 0 spiro atoms. The number of aliphatic imine (C=N–C) groups is 1. The molecule has 0 bridgehead atoms. The number of hydrogen-bond acceptors (Lipinski definition) is 5. The van der Waals surface area contributed by atoms with Crippen LogP contribution < -0.4 is 16.0 Å². The number of nitrogens with zero attached hydrogens (tertiary/aromatic N) is 1. The second-order valence-corrected chi connectivity index (χ2v) is 9.44. The number of nitrogens with one attached hydrogen (secondary N) is 3. The maximum Gasteiger partial charge on any atom is 0.407 e. The van der Waals surface area contributed by atoms with Crippen molar-refractivity contribution < 1.29 is 19.1 Å². The molecule has 0 aromatic heterocycles. The molecule has 2 aliphatic rings. The first-order chi connectivity index (χ1) is 15.6. The molecular weight excluding hydrogens is 408 g/mol. The Morgan fingerprint density at radius 2 is 1.50 bits per heavy atom. The van der Waals surface area contributed by atoms with Crippen LogP contribution in [0.15, 0.2) is 4.99 Å². The van der Waals surface area contributed by atoms with Crippen molar-refractivity contribution in [1.29, 1.82) is 0 Å². The van der Waals surface area contributed by atoms with E-state index >= 15 is 0 Å². The summed E-state index contributed by atoms with van der Waals surface area (Å²) in [6.45, 7) is 5.78. The average Bonchev–Trinajstić information content (AvgIpc) is 2.81. The van der Waals surface area contributed by atoms with E-state index in [4.69, 9.17) is 4.74 Å². The Kier molecular flexibility index (Phi) is 12.9. The van der Waals surface area contributed by atoms with Gasteiger partial charge in [-0.2, -0.15) is 0 Å². The number of carbonyl (C=O) groups excluding carboxylic acids is 2. The SMILES string of the molecule is CCCCOC(=O)NCC1CCCC(CNC=NCC2CCCC(CNC(=O)OC)C2)C1. The van der Waals surface area contributed by atoms with Crippen LogP contribution in [0.3, 0.4) is 0 Å². The summed E-state index contributed by atoms with van der Waals surface area (Å²) in [5.74, 6) is 2.27. The van der Waals surface area contributed by atoms with Gasteiger partial charge < -0.3 is 25.4 Å². The zero-order valence-corrected chi connectivity index (χ0v) is 20.1. The zero-order valence-electron chi connectivity index (χ0n) is 20.1. The molecule has 0 heterocycles. The molecule has 32 heavy (non-hydrogen) atoms. The van der Waals surface area contributed by atoms with Gasteiger partial charge in [0.25, 0.3) is 0 Å². The summed E-state index contributed by atoms with van der Waals surface area (Å²) in [4.78, 5) is 27.6. The van der Waals surface area contributed by atoms with Crippen LogP contribution in [0.5, 0.6) is 0 Å². The maximum atomic E-state index is 11.7. The smallest absolute Gasteiger partial charge is 0.407 e. The Balaban J connectivity index is 1.56. The molecule has 2 saturated carbocycles. The predicted molar refractivity (Wildman–Crippen MR) is 127 cm³/mol. The van der Waals surface area contributed by atoms with Crippen molar-refractivity contribution >= 4 is 18.5 Å². The molecule has 0 aromatic rings. The number of amides is 2. The molecule has 4 unspecified atom stereocenters. The summed E-state index contributed by atoms with van der Waals surface area (Å²) in [6.07, 6.45) is 12.6. The van der Waals surface area contributed by atoms with Gasteiger partial charge in [-0.05, 0) is 68.6 Å². The fraction of sp³-hybridized carbons (Fsp3) is 0.875. The minimum Gasteiger partial charge on any atom is -0.453 e. The van der Waals surface area contributed by atoms with Gasteiger partial charge >= 0.3 is 12.2 Å². The van der Waals surface area contributed by atoms with E-state index in [1.165, 1.54) is 39.2 Å². The van der Waals surface area contributed by atoms with Gasteiger partial charge in [-0.15, -0.1) is 0 Å². The van der Waals surface area contributed by atoms with Crippen molar-refractivity contribution in [3.05, 3.63) is 0 Å². The molecule has 0 radical (unpaired) electrons. The molecule has 0 saturated heterocycles. The largest absolute Gasteiger partial charge is 0.453 e. The third-order valence-electron chi connectivity index (χ3n) is 6.72. The van der Waals surface area contributed by atoms with Crippen molar-refractivity contribution in [1.82, 2.24) is 16.0 Å². The van der Waals surface area contributed by atoms with Crippen molar-refractivity contribution in [3.63, 3.8) is 0 Å². The highest BCUT2D eigenvalue weighted by atomic mass is 16.5. The Morgan fingerprint density at radius 1 is 0.906 bits per heavy atom. The summed E-state index contributed by atoms with van der Waals surface area (Å²) >= 11 is 0. The fourth-order valence-corrected chi connectivity index (χ4v) is 4.90. The second kappa shape index (κ2) is 15.8. The van der Waals surface area contributed by atoms with E-state index < -0.39 is 0 Å². The third-order valence-corrected chi connectivity index (χ3v) is 6.72. The Bertz CT molecular complexity index is 572. The van der Waals surface area contributed by atoms with Gasteiger partial charge in [0.05, 0.1) is 20.1 Å². The Labute approximate surface area is 193 Å². The van der Waals surface area contributed by atoms with Crippen molar-refractivity contribution in [3.8, 4) is 0 Å². The van der Waals surface area contributed by atoms with Gasteiger partial charge in [-0.3, -0.25) is 4.99 Å². The lowest BCUT2D eigenvalue weighted by molar-refractivity contribution is 0.140. The van der Waals surface area contributed by atoms with Crippen LogP contribution in [-0.2, 0) is 9.47 Å². The Hall–Kier alpha value is -1.99. The number of carbonyl (C=O) groups is 2. The highest BCUT2D eigenvalue weighted by Gasteiger charge is 2.23. The van der Waals surface area contributed by atoms with Crippen LogP contribution in [0.1, 0.15) is 71.1 Å². The molecule has 4 atom stereocenters. The molecule has 2 amide bonds. The minimum atomic E-state index is -0.345. The number of unbranched alkanes of at least 4 members (excludes halogenated alkanes) is 1. The summed E-state index contributed by atoms with van der Waals surface area (Å²) < 4.78 is 9.83. The molecular formula is C24H44N4O4. The van der Waals surface area contributed by atoms with Crippen LogP contribution >= 0.6 is 0 Å². The highest BCUT2D eigenvalue weighted by Crippen LogP contribution is 2.29. The fourth-order valence-electron chi connectivity index (χ4n) is 4.90. The van der Waals surface area contributed by atoms with Gasteiger partial charge in [0, 0.05) is 26.2 Å². The maximum absolute atomic E-state index is 11.7. The molecule has 2 aliphatic carbocycles. The number of hydrogen-bond donors (Lipinski definition) is 3. The zero-order chi connectivity index (χ0) is 23.0. The number of ether oxygens (including phenoxy) is 2. The van der Waals surface area contributed by atoms with Gasteiger partial charge in [-0.25, -0.2) is 9.59 Å². The molecule has 184 valence electrons. The van der Waals surface area contributed by atoms with Gasteiger partial charge in [0.1, 0.15) is 0 Å². The molecule has 8 heteroatoms. The minimum absolute atomic E-state index is 0.281. The lowest BCUT2D eigenvalue weighted by Crippen LogP contribution is -2.34. The first-order valence-electron chi connectivity index (χ1n) is 12.5. The quantitative estimate of drug-likeness (QED) is 0.235. The monoisotopic (exact) mass is 452 g/mol. The van der Waals surface area contributed by atoms with Gasteiger partial charge in [-0.1, -0.05) is 26.2 Å². The van der Waals surface area contributed by atoms with Crippen LogP contribution in [-0.4, -0.2) is 58.4 Å². The van der Waals surface area contributed by atoms with E-state index in [1.807, 2.05) is 6.34 Å². The van der Waals surface area contributed by atoms with Crippen molar-refractivity contribution in [2.75, 3.05) is 39.9 Å². The topological polar surface area (TPSA) is 101 Å². The van der Waals surface area contributed by atoms with Crippen LogP contribution in [0.4, 0.5) is 9.59 Å². The van der Waals surface area contributed by atoms with Crippen LogP contribution in [0.25, 0.3) is 0 Å². The van der Waals surface area contributed by atoms with Gasteiger partial charge in [0.15, 0.2) is 0 Å². The Morgan fingerprint density at radius 3 is 2.16 bits per heavy atom. The average molecular weight is 453 g/mol. The molecule has 2 fully saturated rings. The number of alkyl carbamates (subject to hydrolysis) is 2. The van der Waals surface area contributed by atoms with E-state index in [0.29, 0.717) is 43.4 Å². The van der Waals surface area contributed by atoms with E-state index in [0.717, 1.165) is 45.2 Å². The van der Waals surface area contributed by atoms with E-state index in [-0.39, 0.29) is 12.2 Å². The first-order valence-corrected chi connectivity index (χ1v) is 12.5. The summed E-state index contributed by atoms with van der Waals surface area (Å²) in [7, 11) is 1.40. The lowest BCUT2D eigenvalue weighted by atomic mass is 9.81. The second-order valence-electron chi connectivity index (χ2n) is 9.44. The highest BCUT2D eigenvalue weighted by molar-refractivity contribution is 5.67. The summed E-state index contributed by atoms with van der Waals surface area (Å²) in [6, 6.07) is 0. The summed E-state index contributed by atoms with van der Waals surface area (Å²) in [5, 5.41) is 9.15. The normalized spacial score (nSPS) is 25.8. The van der Waals surface area contributed by atoms with E-state index in [2.05, 4.69) is 32.6 Å². The van der Waals surface area contributed by atoms with E-state index in [9.17, 15) is 9.59 Å². The predicted octanol–water partition coefficient (Wildman–Crippen LogP) is 4.10. The third kappa shape index (κ3) is 11.0. The molecule has 0 aromatic carbocycles. The number of rotatable bonds is 12. The van der Waals surface area contributed by atoms with Crippen LogP contribution in [0, 0.1) is 23.7 Å². The van der Waals surface area contributed by atoms with Crippen LogP contribution in [0.2, 0.25) is 0 Å². The molecule has 2 rings (SSSR count). The lowest BCUT2D eigenvalue weighted by Gasteiger charge is -2.29. The van der Waals surface area contributed by atoms with Crippen molar-refractivity contribution in [2.24, 2.45) is 28.7 Å². The molecule has 3 N–H and O–H groups in total. The standard InChI is InChI=1S/C24H44N4O4/c1-3-4-11-32-24(30)28-17-22-10-6-8-20(13-22)15-26-18-25-14-19-7-5-9-21(12-19)16-27-23(29)31-2/h18-22H,3-17H2,1-2H3,(H,25,26)(H,27,29)(H,28,30). The number of methoxy groups -OCH3 is 1. The first kappa shape index (κ1) is 26.3. The molecule has 8 nitrogen and oxygen atoms in total.